The number of halogens is 2. The molecule has 4 N–H and O–H groups in total. The summed E-state index contributed by atoms with van der Waals surface area (Å²) < 4.78 is 29.0. The number of aromatic nitrogens is 4. The number of primary amides is 1. The molecule has 8 nitrogen and oxygen atoms in total. The number of pyridine rings is 1. The van der Waals surface area contributed by atoms with Crippen LogP contribution >= 0.6 is 0 Å². The van der Waals surface area contributed by atoms with Crippen LogP contribution in [0.15, 0.2) is 49.2 Å². The molecule has 0 radical (unpaired) electrons. The summed E-state index contributed by atoms with van der Waals surface area (Å²) in [4.78, 5) is 39.3. The van der Waals surface area contributed by atoms with Gasteiger partial charge in [-0.2, -0.15) is 0 Å². The first kappa shape index (κ1) is 18.2. The number of carbonyl (C=O) groups excluding carboxylic acids is 2. The van der Waals surface area contributed by atoms with Crippen LogP contribution in [0.5, 0.6) is 0 Å². The van der Waals surface area contributed by atoms with E-state index in [0.29, 0.717) is 5.69 Å². The highest BCUT2D eigenvalue weighted by Gasteiger charge is 2.27. The van der Waals surface area contributed by atoms with Crippen molar-refractivity contribution >= 4 is 34.2 Å². The summed E-state index contributed by atoms with van der Waals surface area (Å²) in [5, 5.41) is 3.22. The first-order valence-electron chi connectivity index (χ1n) is 8.29. The molecule has 4 aromatic rings. The number of carbonyl (C=O) groups is 2. The van der Waals surface area contributed by atoms with Gasteiger partial charge in [-0.25, -0.2) is 18.7 Å². The Morgan fingerprint density at radius 2 is 1.93 bits per heavy atom. The SMILES string of the molecule is NC(=O)c1ccc(F)c(C(=O)c2c[nH]c3ncnc(Nc4cccnc4)c23)c1F. The quantitative estimate of drug-likeness (QED) is 0.447. The second-order valence-electron chi connectivity index (χ2n) is 5.99. The second-order valence-corrected chi connectivity index (χ2v) is 5.99. The number of fused-ring (bicyclic) bond motifs is 1. The van der Waals surface area contributed by atoms with E-state index in [9.17, 15) is 18.4 Å². The van der Waals surface area contributed by atoms with Gasteiger partial charge in [0.1, 0.15) is 29.4 Å². The molecule has 0 saturated heterocycles. The third-order valence-corrected chi connectivity index (χ3v) is 4.22. The number of amides is 1. The Morgan fingerprint density at radius 1 is 1.10 bits per heavy atom. The molecule has 1 amide bonds. The van der Waals surface area contributed by atoms with E-state index in [2.05, 4.69) is 25.3 Å². The number of nitrogens with one attached hydrogen (secondary N) is 2. The van der Waals surface area contributed by atoms with Crippen molar-refractivity contribution in [2.24, 2.45) is 5.73 Å². The van der Waals surface area contributed by atoms with Gasteiger partial charge in [0.05, 0.1) is 34.0 Å². The normalized spacial score (nSPS) is 10.8. The standard InChI is InChI=1S/C19H12F2N6O2/c20-12-4-3-10(17(22)29)15(21)14(12)16(28)11-7-24-18-13(11)19(26-8-25-18)27-9-2-1-5-23-6-9/h1-8H,(H2,22,29)(H2,24,25,26,27). The van der Waals surface area contributed by atoms with Crippen molar-refractivity contribution in [2.45, 2.75) is 0 Å². The van der Waals surface area contributed by atoms with Crippen LogP contribution in [0.3, 0.4) is 0 Å². The van der Waals surface area contributed by atoms with Crippen LogP contribution < -0.4 is 11.1 Å². The monoisotopic (exact) mass is 394 g/mol. The summed E-state index contributed by atoms with van der Waals surface area (Å²) in [5.74, 6) is -4.31. The Kier molecular flexibility index (Phi) is 4.43. The van der Waals surface area contributed by atoms with Crippen LogP contribution in [0.25, 0.3) is 11.0 Å². The zero-order valence-corrected chi connectivity index (χ0v) is 14.6. The third kappa shape index (κ3) is 3.16. The van der Waals surface area contributed by atoms with Crippen molar-refractivity contribution < 1.29 is 18.4 Å². The molecule has 29 heavy (non-hydrogen) atoms. The molecule has 0 saturated carbocycles. The van der Waals surface area contributed by atoms with E-state index >= 15 is 0 Å². The van der Waals surface area contributed by atoms with Crippen molar-refractivity contribution in [1.29, 1.82) is 0 Å². The van der Waals surface area contributed by atoms with Crippen LogP contribution in [0, 0.1) is 11.6 Å². The number of aromatic amines is 1. The van der Waals surface area contributed by atoms with E-state index in [4.69, 9.17) is 5.73 Å². The third-order valence-electron chi connectivity index (χ3n) is 4.22. The largest absolute Gasteiger partial charge is 0.366 e. The molecule has 0 aliphatic rings. The maximum absolute atomic E-state index is 14.6. The summed E-state index contributed by atoms with van der Waals surface area (Å²) in [6, 6.07) is 5.13. The zero-order chi connectivity index (χ0) is 20.5. The lowest BCUT2D eigenvalue weighted by Gasteiger charge is -2.09. The van der Waals surface area contributed by atoms with Crippen molar-refractivity contribution in [2.75, 3.05) is 5.32 Å². The fourth-order valence-electron chi connectivity index (χ4n) is 2.90. The maximum Gasteiger partial charge on any atom is 0.251 e. The van der Waals surface area contributed by atoms with Gasteiger partial charge >= 0.3 is 0 Å². The minimum absolute atomic E-state index is 0.0774. The van der Waals surface area contributed by atoms with E-state index in [-0.39, 0.29) is 22.4 Å². The average Bonchev–Trinajstić information content (AvgIpc) is 3.14. The lowest BCUT2D eigenvalue weighted by atomic mass is 9.99. The van der Waals surface area contributed by atoms with E-state index in [1.807, 2.05) is 0 Å². The number of H-pyrrole nitrogens is 1. The van der Waals surface area contributed by atoms with Crippen molar-refractivity contribution in [3.8, 4) is 0 Å². The fourth-order valence-corrected chi connectivity index (χ4v) is 2.90. The van der Waals surface area contributed by atoms with Gasteiger partial charge in [-0.05, 0) is 24.3 Å². The van der Waals surface area contributed by atoms with Gasteiger partial charge in [0.15, 0.2) is 0 Å². The molecule has 0 aliphatic heterocycles. The van der Waals surface area contributed by atoms with Gasteiger partial charge in [0, 0.05) is 12.4 Å². The highest BCUT2D eigenvalue weighted by molar-refractivity contribution is 6.18. The van der Waals surface area contributed by atoms with Gasteiger partial charge in [0.25, 0.3) is 5.91 Å². The number of rotatable bonds is 5. The van der Waals surface area contributed by atoms with E-state index < -0.39 is 34.5 Å². The molecule has 1 aromatic carbocycles. The number of ketones is 1. The molecular weight excluding hydrogens is 382 g/mol. The number of anilines is 2. The molecule has 3 aromatic heterocycles. The van der Waals surface area contributed by atoms with Gasteiger partial charge in [-0.3, -0.25) is 14.6 Å². The summed E-state index contributed by atoms with van der Waals surface area (Å²) in [5.41, 5.74) is 4.41. The van der Waals surface area contributed by atoms with Crippen molar-refractivity contribution in [1.82, 2.24) is 19.9 Å². The van der Waals surface area contributed by atoms with Gasteiger partial charge in [0.2, 0.25) is 5.78 Å². The lowest BCUT2D eigenvalue weighted by molar-refractivity contribution is 0.0996. The first-order valence-corrected chi connectivity index (χ1v) is 8.29. The Labute approximate surface area is 161 Å². The van der Waals surface area contributed by atoms with Crippen LogP contribution in [0.1, 0.15) is 26.3 Å². The predicted molar refractivity (Wildman–Crippen MR) is 99.7 cm³/mol. The Morgan fingerprint density at radius 3 is 2.66 bits per heavy atom. The van der Waals surface area contributed by atoms with Gasteiger partial charge in [-0.15, -0.1) is 0 Å². The molecule has 4 rings (SSSR count). The molecule has 0 aliphatic carbocycles. The molecule has 0 atom stereocenters. The average molecular weight is 394 g/mol. The molecule has 3 heterocycles. The van der Waals surface area contributed by atoms with Crippen molar-refractivity contribution in [3.05, 3.63) is 77.5 Å². The van der Waals surface area contributed by atoms with E-state index in [1.165, 1.54) is 18.7 Å². The topological polar surface area (TPSA) is 127 Å². The minimum Gasteiger partial charge on any atom is -0.366 e. The highest BCUT2D eigenvalue weighted by atomic mass is 19.1. The number of hydrogen-bond donors (Lipinski definition) is 3. The minimum atomic E-state index is -1.32. The number of hydrogen-bond acceptors (Lipinski definition) is 6. The lowest BCUT2D eigenvalue weighted by Crippen LogP contribution is -2.17. The van der Waals surface area contributed by atoms with Crippen LogP contribution in [0.2, 0.25) is 0 Å². The maximum atomic E-state index is 14.6. The van der Waals surface area contributed by atoms with Crippen LogP contribution in [0.4, 0.5) is 20.3 Å². The molecular formula is C19H12F2N6O2. The number of nitrogens with two attached hydrogens (primary N) is 1. The fraction of sp³-hybridized carbons (Fsp3) is 0. The van der Waals surface area contributed by atoms with Crippen LogP contribution in [-0.2, 0) is 0 Å². The number of benzene rings is 1. The Bertz CT molecular complexity index is 1260. The molecule has 0 spiro atoms. The molecule has 0 unspecified atom stereocenters. The van der Waals surface area contributed by atoms with Crippen molar-refractivity contribution in [3.63, 3.8) is 0 Å². The smallest absolute Gasteiger partial charge is 0.251 e. The summed E-state index contributed by atoms with van der Waals surface area (Å²) in [7, 11) is 0. The van der Waals surface area contributed by atoms with Crippen LogP contribution in [-0.4, -0.2) is 31.6 Å². The number of nitrogens with zero attached hydrogens (tertiary/aromatic N) is 3. The molecule has 0 bridgehead atoms. The summed E-state index contributed by atoms with van der Waals surface area (Å²) in [6.07, 6.45) is 5.66. The molecule has 10 heteroatoms. The first-order chi connectivity index (χ1) is 14.0. The second kappa shape index (κ2) is 7.08. The highest BCUT2D eigenvalue weighted by Crippen LogP contribution is 2.29. The zero-order valence-electron chi connectivity index (χ0n) is 14.6. The molecule has 144 valence electrons. The summed E-state index contributed by atoms with van der Waals surface area (Å²) in [6.45, 7) is 0. The van der Waals surface area contributed by atoms with Gasteiger partial charge < -0.3 is 16.0 Å². The van der Waals surface area contributed by atoms with Gasteiger partial charge in [-0.1, -0.05) is 0 Å². The Balaban J connectivity index is 1.86. The summed E-state index contributed by atoms with van der Waals surface area (Å²) >= 11 is 0. The van der Waals surface area contributed by atoms with E-state index in [0.717, 1.165) is 12.1 Å². The molecule has 0 fully saturated rings. The van der Waals surface area contributed by atoms with E-state index in [1.54, 1.807) is 18.3 Å². The predicted octanol–water partition coefficient (Wildman–Crippen LogP) is 2.70. The Hall–Kier alpha value is -4.21.